The molecule has 4 unspecified atom stereocenters. The third kappa shape index (κ3) is 10.3. The highest BCUT2D eigenvalue weighted by Gasteiger charge is 2.41. The van der Waals surface area contributed by atoms with Crippen LogP contribution in [-0.2, 0) is 36.8 Å². The summed E-state index contributed by atoms with van der Waals surface area (Å²) in [5.41, 5.74) is 6.51. The zero-order valence-corrected chi connectivity index (χ0v) is 25.0. The first-order chi connectivity index (χ1) is 20.6. The summed E-state index contributed by atoms with van der Waals surface area (Å²) in [5, 5.41) is 15.8. The van der Waals surface area contributed by atoms with Crippen LogP contribution in [0.3, 0.4) is 0 Å². The van der Waals surface area contributed by atoms with Crippen LogP contribution in [0.1, 0.15) is 36.8 Å². The first kappa shape index (κ1) is 34.0. The number of carboxylic acids is 1. The number of rotatable bonds is 15. The number of amides is 3. The number of nitrogens with two attached hydrogens (primary N) is 1. The van der Waals surface area contributed by atoms with Crippen LogP contribution in [-0.4, -0.2) is 84.8 Å². The third-order valence-electron chi connectivity index (χ3n) is 7.55. The second kappa shape index (κ2) is 16.3. The summed E-state index contributed by atoms with van der Waals surface area (Å²) in [7, 11) is 1.38. The summed E-state index contributed by atoms with van der Waals surface area (Å²) in [5.74, 6) is -3.40. The SMILES string of the molecule is COCC(NC(=O)C(N)CCF)C(=O)NC1(Cc2ccc(Cl)cc2)CCCN(C(=O)C(CC(=O)O)Cc2ccccc2)C1. The second-order valence-corrected chi connectivity index (χ2v) is 11.5. The summed E-state index contributed by atoms with van der Waals surface area (Å²) in [4.78, 5) is 53.3. The monoisotopic (exact) mass is 618 g/mol. The van der Waals surface area contributed by atoms with Crippen LogP contribution < -0.4 is 16.4 Å². The van der Waals surface area contributed by atoms with Crippen molar-refractivity contribution in [2.24, 2.45) is 11.7 Å². The molecule has 1 aliphatic heterocycles. The number of halogens is 2. The first-order valence-electron chi connectivity index (χ1n) is 14.3. The van der Waals surface area contributed by atoms with E-state index in [1.807, 2.05) is 42.5 Å². The number of piperidine rings is 1. The number of nitrogens with one attached hydrogen (secondary N) is 2. The van der Waals surface area contributed by atoms with Gasteiger partial charge in [-0.3, -0.25) is 23.6 Å². The largest absolute Gasteiger partial charge is 0.481 e. The number of methoxy groups -OCH3 is 1. The van der Waals surface area contributed by atoms with Gasteiger partial charge in [-0.05, 0) is 55.4 Å². The predicted molar refractivity (Wildman–Crippen MR) is 160 cm³/mol. The maximum Gasteiger partial charge on any atom is 0.304 e. The van der Waals surface area contributed by atoms with Crippen molar-refractivity contribution in [2.75, 3.05) is 33.5 Å². The molecular formula is C31H40ClFN4O6. The fourth-order valence-electron chi connectivity index (χ4n) is 5.44. The molecule has 2 aromatic carbocycles. The van der Waals surface area contributed by atoms with Crippen molar-refractivity contribution in [1.29, 1.82) is 0 Å². The van der Waals surface area contributed by atoms with E-state index in [0.29, 0.717) is 30.8 Å². The summed E-state index contributed by atoms with van der Waals surface area (Å²) < 4.78 is 17.9. The van der Waals surface area contributed by atoms with Crippen LogP contribution in [0.25, 0.3) is 0 Å². The van der Waals surface area contributed by atoms with E-state index >= 15 is 0 Å². The molecule has 0 spiro atoms. The number of carbonyl (C=O) groups is 4. The summed E-state index contributed by atoms with van der Waals surface area (Å²) in [6.07, 6.45) is 1.15. The lowest BCUT2D eigenvalue weighted by Crippen LogP contribution is -2.65. The third-order valence-corrected chi connectivity index (χ3v) is 7.80. The van der Waals surface area contributed by atoms with E-state index in [1.54, 1.807) is 17.0 Å². The first-order valence-corrected chi connectivity index (χ1v) is 14.7. The number of alkyl halides is 1. The van der Waals surface area contributed by atoms with E-state index in [4.69, 9.17) is 22.1 Å². The van der Waals surface area contributed by atoms with Gasteiger partial charge in [-0.15, -0.1) is 0 Å². The molecule has 1 fully saturated rings. The molecule has 43 heavy (non-hydrogen) atoms. The normalized spacial score (nSPS) is 18.7. The number of aliphatic carboxylic acids is 1. The number of carbonyl (C=O) groups excluding carboxylic acids is 3. The molecule has 234 valence electrons. The van der Waals surface area contributed by atoms with Crippen LogP contribution in [0.5, 0.6) is 0 Å². The van der Waals surface area contributed by atoms with Gasteiger partial charge in [0.2, 0.25) is 17.7 Å². The quantitative estimate of drug-likeness (QED) is 0.239. The maximum atomic E-state index is 13.8. The van der Waals surface area contributed by atoms with Gasteiger partial charge in [0.05, 0.1) is 37.2 Å². The highest BCUT2D eigenvalue weighted by atomic mass is 35.5. The molecule has 1 aliphatic rings. The van der Waals surface area contributed by atoms with Gasteiger partial charge in [0.25, 0.3) is 0 Å². The van der Waals surface area contributed by atoms with E-state index in [-0.39, 0.29) is 38.3 Å². The molecule has 2 aromatic rings. The van der Waals surface area contributed by atoms with E-state index in [1.165, 1.54) is 7.11 Å². The Morgan fingerprint density at radius 3 is 2.42 bits per heavy atom. The molecule has 5 N–H and O–H groups in total. The standard InChI is InChI=1S/C31H40ClFN4O6/c1-43-19-26(35-28(40)25(34)12-14-33)29(41)36-31(18-22-8-10-24(32)11-9-22)13-5-15-37(20-31)30(42)23(17-27(38)39)16-21-6-3-2-4-7-21/h2-4,6-11,23,25-26H,5,12-20,34H2,1H3,(H,35,40)(H,36,41)(H,38,39). The van der Waals surface area contributed by atoms with E-state index in [2.05, 4.69) is 10.6 Å². The Morgan fingerprint density at radius 2 is 1.79 bits per heavy atom. The fraction of sp³-hybridized carbons (Fsp3) is 0.484. The molecule has 1 heterocycles. The smallest absolute Gasteiger partial charge is 0.304 e. The molecule has 4 atom stereocenters. The average molecular weight is 619 g/mol. The summed E-state index contributed by atoms with van der Waals surface area (Å²) in [6.45, 7) is -0.410. The Kier molecular flexibility index (Phi) is 12.9. The van der Waals surface area contributed by atoms with Gasteiger partial charge in [-0.2, -0.15) is 0 Å². The summed E-state index contributed by atoms with van der Waals surface area (Å²) >= 11 is 6.10. The van der Waals surface area contributed by atoms with Crippen LogP contribution in [0.4, 0.5) is 4.39 Å². The molecule has 1 saturated heterocycles. The lowest BCUT2D eigenvalue weighted by Gasteiger charge is -2.45. The Morgan fingerprint density at radius 1 is 1.09 bits per heavy atom. The van der Waals surface area contributed by atoms with Gasteiger partial charge in [0.1, 0.15) is 6.04 Å². The highest BCUT2D eigenvalue weighted by Crippen LogP contribution is 2.29. The zero-order valence-electron chi connectivity index (χ0n) is 24.3. The van der Waals surface area contributed by atoms with E-state index in [9.17, 15) is 28.7 Å². The number of nitrogens with zero attached hydrogens (tertiary/aromatic N) is 1. The topological polar surface area (TPSA) is 151 Å². The number of benzene rings is 2. The lowest BCUT2D eigenvalue weighted by molar-refractivity contribution is -0.146. The van der Waals surface area contributed by atoms with Crippen LogP contribution in [0, 0.1) is 5.92 Å². The van der Waals surface area contributed by atoms with Gasteiger partial charge < -0.3 is 31.1 Å². The van der Waals surface area contributed by atoms with Crippen LogP contribution >= 0.6 is 11.6 Å². The van der Waals surface area contributed by atoms with Gasteiger partial charge in [-0.25, -0.2) is 0 Å². The van der Waals surface area contributed by atoms with Crippen molar-refractivity contribution in [3.8, 4) is 0 Å². The van der Waals surface area contributed by atoms with Crippen LogP contribution in [0.15, 0.2) is 54.6 Å². The molecule has 3 amide bonds. The molecule has 0 aliphatic carbocycles. The number of hydrogen-bond acceptors (Lipinski definition) is 6. The molecule has 0 saturated carbocycles. The second-order valence-electron chi connectivity index (χ2n) is 11.0. The molecule has 0 aromatic heterocycles. The molecule has 12 heteroatoms. The van der Waals surface area contributed by atoms with Crippen molar-refractivity contribution in [3.05, 3.63) is 70.7 Å². The Bertz CT molecular complexity index is 1230. The van der Waals surface area contributed by atoms with Crippen LogP contribution in [0.2, 0.25) is 5.02 Å². The van der Waals surface area contributed by atoms with Gasteiger partial charge >= 0.3 is 5.97 Å². The molecule has 0 radical (unpaired) electrons. The summed E-state index contributed by atoms with van der Waals surface area (Å²) in [6, 6.07) is 14.1. The Labute approximate surface area is 256 Å². The fourth-order valence-corrected chi connectivity index (χ4v) is 5.57. The zero-order chi connectivity index (χ0) is 31.4. The van der Waals surface area contributed by atoms with Crippen molar-refractivity contribution >= 4 is 35.3 Å². The molecular weight excluding hydrogens is 579 g/mol. The Hall–Kier alpha value is -3.54. The number of likely N-dealkylation sites (tertiary alicyclic amines) is 1. The van der Waals surface area contributed by atoms with Crippen molar-refractivity contribution < 1.29 is 33.4 Å². The minimum Gasteiger partial charge on any atom is -0.481 e. The number of ether oxygens (including phenoxy) is 1. The maximum absolute atomic E-state index is 13.8. The molecule has 10 nitrogen and oxygen atoms in total. The number of carboxylic acid groups (broad SMARTS) is 1. The lowest BCUT2D eigenvalue weighted by atomic mass is 9.82. The van der Waals surface area contributed by atoms with Crippen molar-refractivity contribution in [2.45, 2.75) is 56.1 Å². The minimum atomic E-state index is -1.13. The van der Waals surface area contributed by atoms with Crippen molar-refractivity contribution in [1.82, 2.24) is 15.5 Å². The van der Waals surface area contributed by atoms with Gasteiger partial charge in [0, 0.05) is 25.2 Å². The van der Waals surface area contributed by atoms with E-state index in [0.717, 1.165) is 11.1 Å². The predicted octanol–water partition coefficient (Wildman–Crippen LogP) is 2.51. The van der Waals surface area contributed by atoms with Crippen molar-refractivity contribution in [3.63, 3.8) is 0 Å². The van der Waals surface area contributed by atoms with E-state index < -0.39 is 48.0 Å². The highest BCUT2D eigenvalue weighted by molar-refractivity contribution is 6.30. The average Bonchev–Trinajstić information content (AvgIpc) is 2.98. The minimum absolute atomic E-state index is 0.125. The number of hydrogen-bond donors (Lipinski definition) is 4. The Balaban J connectivity index is 1.88. The van der Waals surface area contributed by atoms with Gasteiger partial charge in [-0.1, -0.05) is 54.1 Å². The molecule has 3 rings (SSSR count). The van der Waals surface area contributed by atoms with Gasteiger partial charge in [0.15, 0.2) is 0 Å². The molecule has 0 bridgehead atoms.